The zero-order valence-electron chi connectivity index (χ0n) is 25.9. The highest BCUT2D eigenvalue weighted by Gasteiger charge is 2.23. The van der Waals surface area contributed by atoms with Crippen LogP contribution in [-0.4, -0.2) is 36.3 Å². The molecule has 0 saturated carbocycles. The number of nitrogens with one attached hydrogen (secondary N) is 2. The molecule has 0 spiro atoms. The molecule has 0 saturated heterocycles. The van der Waals surface area contributed by atoms with Crippen LogP contribution >= 0.6 is 0 Å². The van der Waals surface area contributed by atoms with Gasteiger partial charge in [0, 0.05) is 43.4 Å². The molecule has 0 heterocycles. The first-order valence-corrected chi connectivity index (χ1v) is 15.1. The van der Waals surface area contributed by atoms with Crippen LogP contribution in [-0.2, 0) is 25.9 Å². The Hall–Kier alpha value is -4.36. The first kappa shape index (κ1) is 32.6. The van der Waals surface area contributed by atoms with Crippen molar-refractivity contribution in [3.8, 4) is 0 Å². The maximum absolute atomic E-state index is 14.1. The maximum Gasteiger partial charge on any atom is 0.253 e. The van der Waals surface area contributed by atoms with Crippen LogP contribution in [0.3, 0.4) is 0 Å². The Balaban J connectivity index is 1.50. The van der Waals surface area contributed by atoms with E-state index in [1.54, 1.807) is 30.1 Å². The second-order valence-electron chi connectivity index (χ2n) is 11.6. The van der Waals surface area contributed by atoms with Gasteiger partial charge in [0.05, 0.1) is 0 Å². The lowest BCUT2D eigenvalue weighted by Gasteiger charge is -2.26. The molecule has 230 valence electrons. The lowest BCUT2D eigenvalue weighted by Crippen LogP contribution is -2.44. The molecule has 2 amide bonds. The molecule has 0 aliphatic heterocycles. The molecule has 0 aliphatic carbocycles. The van der Waals surface area contributed by atoms with E-state index in [0.717, 1.165) is 23.6 Å². The minimum Gasteiger partial charge on any atom is -0.349 e. The summed E-state index contributed by atoms with van der Waals surface area (Å²) in [5.41, 5.74) is 5.44. The molecule has 0 radical (unpaired) electrons. The Morgan fingerprint density at radius 1 is 0.795 bits per heavy atom. The van der Waals surface area contributed by atoms with Crippen molar-refractivity contribution in [1.82, 2.24) is 15.5 Å². The highest BCUT2D eigenvalue weighted by atomic mass is 19.1. The fourth-order valence-electron chi connectivity index (χ4n) is 5.36. The molecule has 0 fully saturated rings. The molecular weight excluding hydrogens is 556 g/mol. The Labute approximate surface area is 259 Å². The van der Waals surface area contributed by atoms with Crippen molar-refractivity contribution in [1.29, 1.82) is 0 Å². The summed E-state index contributed by atoms with van der Waals surface area (Å²) in [7, 11) is 1.73. The second-order valence-corrected chi connectivity index (χ2v) is 11.6. The molecule has 4 rings (SSSR count). The summed E-state index contributed by atoms with van der Waals surface area (Å²) in [6.45, 7) is 7.63. The number of hydrogen-bond acceptors (Lipinski definition) is 3. The number of carbonyl (C=O) groups excluding carboxylic acids is 2. The summed E-state index contributed by atoms with van der Waals surface area (Å²) in [6.07, 6.45) is 1.20. The number of benzene rings is 4. The first-order chi connectivity index (χ1) is 21.1. The number of amides is 2. The molecule has 0 unspecified atom stereocenters. The number of carbonyl (C=O) groups is 2. The zero-order chi connectivity index (χ0) is 31.6. The van der Waals surface area contributed by atoms with Gasteiger partial charge in [-0.05, 0) is 90.4 Å². The molecule has 2 atom stereocenters. The van der Waals surface area contributed by atoms with Crippen LogP contribution in [0.5, 0.6) is 0 Å². The molecular formula is C37H41F2N3O2. The van der Waals surface area contributed by atoms with Crippen LogP contribution in [0.2, 0.25) is 0 Å². The SMILES string of the molecule is CCc1cccc(CNC[C@@H](C)[C@H](Cc2cc(F)cc(F)c2)NC(=O)c2cc(C)cc(C(=O)N(C)Cc3ccccc3)c2)c1. The van der Waals surface area contributed by atoms with Gasteiger partial charge in [-0.15, -0.1) is 0 Å². The Morgan fingerprint density at radius 2 is 1.45 bits per heavy atom. The van der Waals surface area contributed by atoms with Crippen molar-refractivity contribution in [2.24, 2.45) is 5.92 Å². The molecule has 44 heavy (non-hydrogen) atoms. The summed E-state index contributed by atoms with van der Waals surface area (Å²) in [5, 5.41) is 6.57. The average molecular weight is 598 g/mol. The molecule has 5 nitrogen and oxygen atoms in total. The van der Waals surface area contributed by atoms with Crippen molar-refractivity contribution in [3.05, 3.63) is 142 Å². The van der Waals surface area contributed by atoms with Gasteiger partial charge in [0.2, 0.25) is 0 Å². The van der Waals surface area contributed by atoms with Crippen LogP contribution in [0.4, 0.5) is 8.78 Å². The quantitative estimate of drug-likeness (QED) is 0.177. The molecule has 7 heteroatoms. The van der Waals surface area contributed by atoms with Crippen molar-refractivity contribution >= 4 is 11.8 Å². The highest BCUT2D eigenvalue weighted by molar-refractivity contribution is 6.00. The van der Waals surface area contributed by atoms with Gasteiger partial charge in [0.1, 0.15) is 11.6 Å². The molecule has 0 aromatic heterocycles. The van der Waals surface area contributed by atoms with E-state index in [1.807, 2.05) is 50.2 Å². The Bertz CT molecular complexity index is 1550. The molecule has 0 aliphatic rings. The second kappa shape index (κ2) is 15.4. The standard InChI is InChI=1S/C37H41F2N3O2/c1-5-27-12-9-13-29(16-27)23-40-22-26(3)35(19-30-17-33(38)21-34(39)18-30)41-36(43)31-14-25(2)15-32(20-31)37(44)42(4)24-28-10-7-6-8-11-28/h6-18,20-21,26,35,40H,5,19,22-24H2,1-4H3,(H,41,43)/t26-,35+/m1/s1. The van der Waals surface area contributed by atoms with Crippen molar-refractivity contribution in [2.75, 3.05) is 13.6 Å². The summed E-state index contributed by atoms with van der Waals surface area (Å²) in [4.78, 5) is 28.6. The summed E-state index contributed by atoms with van der Waals surface area (Å²) < 4.78 is 28.1. The van der Waals surface area contributed by atoms with E-state index in [0.29, 0.717) is 36.3 Å². The number of nitrogens with zero attached hydrogens (tertiary/aromatic N) is 1. The van der Waals surface area contributed by atoms with E-state index in [2.05, 4.69) is 35.8 Å². The van der Waals surface area contributed by atoms with Crippen LogP contribution in [0.15, 0.2) is 91.0 Å². The number of hydrogen-bond donors (Lipinski definition) is 2. The third-order valence-electron chi connectivity index (χ3n) is 7.77. The van der Waals surface area contributed by atoms with Gasteiger partial charge in [-0.25, -0.2) is 8.78 Å². The molecule has 4 aromatic carbocycles. The highest BCUT2D eigenvalue weighted by Crippen LogP contribution is 2.18. The van der Waals surface area contributed by atoms with E-state index in [1.165, 1.54) is 23.3 Å². The summed E-state index contributed by atoms with van der Waals surface area (Å²) in [5.74, 6) is -1.94. The van der Waals surface area contributed by atoms with Gasteiger partial charge >= 0.3 is 0 Å². The minimum atomic E-state index is -0.659. The summed E-state index contributed by atoms with van der Waals surface area (Å²) >= 11 is 0. The summed E-state index contributed by atoms with van der Waals surface area (Å²) in [6, 6.07) is 26.2. The van der Waals surface area contributed by atoms with Gasteiger partial charge in [-0.3, -0.25) is 9.59 Å². The van der Waals surface area contributed by atoms with Gasteiger partial charge in [-0.2, -0.15) is 0 Å². The predicted octanol–water partition coefficient (Wildman–Crippen LogP) is 6.87. The smallest absolute Gasteiger partial charge is 0.253 e. The maximum atomic E-state index is 14.1. The lowest BCUT2D eigenvalue weighted by molar-refractivity contribution is 0.0785. The van der Waals surface area contributed by atoms with Crippen molar-refractivity contribution in [3.63, 3.8) is 0 Å². The lowest BCUT2D eigenvalue weighted by atomic mass is 9.93. The normalized spacial score (nSPS) is 12.4. The first-order valence-electron chi connectivity index (χ1n) is 15.1. The van der Waals surface area contributed by atoms with E-state index in [9.17, 15) is 18.4 Å². The van der Waals surface area contributed by atoms with Gasteiger partial charge in [-0.1, -0.05) is 68.4 Å². The number of aryl methyl sites for hydroxylation is 2. The van der Waals surface area contributed by atoms with E-state index in [4.69, 9.17) is 0 Å². The van der Waals surface area contributed by atoms with Gasteiger partial charge in [0.25, 0.3) is 11.8 Å². The molecule has 4 aromatic rings. The zero-order valence-corrected chi connectivity index (χ0v) is 25.9. The van der Waals surface area contributed by atoms with Crippen molar-refractivity contribution < 1.29 is 18.4 Å². The van der Waals surface area contributed by atoms with E-state index < -0.39 is 17.7 Å². The topological polar surface area (TPSA) is 61.4 Å². The molecule has 0 bridgehead atoms. The fourth-order valence-corrected chi connectivity index (χ4v) is 5.36. The van der Waals surface area contributed by atoms with E-state index >= 15 is 0 Å². The van der Waals surface area contributed by atoms with Crippen LogP contribution < -0.4 is 10.6 Å². The fraction of sp³-hybridized carbons (Fsp3) is 0.297. The van der Waals surface area contributed by atoms with E-state index in [-0.39, 0.29) is 24.2 Å². The predicted molar refractivity (Wildman–Crippen MR) is 171 cm³/mol. The minimum absolute atomic E-state index is 0.0810. The van der Waals surface area contributed by atoms with Crippen LogP contribution in [0.25, 0.3) is 0 Å². The Kier molecular flexibility index (Phi) is 11.4. The van der Waals surface area contributed by atoms with Gasteiger partial charge in [0.15, 0.2) is 0 Å². The van der Waals surface area contributed by atoms with Crippen molar-refractivity contribution in [2.45, 2.75) is 52.7 Å². The third kappa shape index (κ3) is 9.32. The number of halogens is 2. The average Bonchev–Trinajstić information content (AvgIpc) is 3.00. The molecule has 2 N–H and O–H groups in total. The third-order valence-corrected chi connectivity index (χ3v) is 7.77. The van der Waals surface area contributed by atoms with Gasteiger partial charge < -0.3 is 15.5 Å². The largest absolute Gasteiger partial charge is 0.349 e. The van der Waals surface area contributed by atoms with Crippen LogP contribution in [0, 0.1) is 24.5 Å². The monoisotopic (exact) mass is 597 g/mol. The Morgan fingerprint density at radius 3 is 2.16 bits per heavy atom. The van der Waals surface area contributed by atoms with Crippen LogP contribution in [0.1, 0.15) is 62.4 Å². The number of rotatable bonds is 13.